The van der Waals surface area contributed by atoms with Gasteiger partial charge < -0.3 is 10.6 Å². The summed E-state index contributed by atoms with van der Waals surface area (Å²) in [4.78, 5) is 10.9. The molecule has 0 aliphatic heterocycles. The Morgan fingerprint density at radius 2 is 2.11 bits per heavy atom. The third-order valence-electron chi connectivity index (χ3n) is 2.58. The molecule has 0 aliphatic carbocycles. The van der Waals surface area contributed by atoms with Crippen molar-refractivity contribution in [1.29, 1.82) is 0 Å². The van der Waals surface area contributed by atoms with E-state index in [9.17, 15) is 10.1 Å². The molecule has 0 unspecified atom stereocenters. The topological polar surface area (TPSA) is 67.2 Å². The highest BCUT2D eigenvalue weighted by atomic mass is 32.1. The van der Waals surface area contributed by atoms with Gasteiger partial charge >= 0.3 is 5.69 Å². The molecule has 2 aromatic rings. The fraction of sp³-hybridized carbons (Fsp3) is 0.231. The Labute approximate surface area is 115 Å². The van der Waals surface area contributed by atoms with E-state index in [0.29, 0.717) is 17.9 Å². The van der Waals surface area contributed by atoms with Crippen LogP contribution in [0.3, 0.4) is 0 Å². The summed E-state index contributed by atoms with van der Waals surface area (Å²) in [5, 5.41) is 21.3. The summed E-state index contributed by atoms with van der Waals surface area (Å²) >= 11 is 1.54. The maximum Gasteiger partial charge on any atom is 0.315 e. The van der Waals surface area contributed by atoms with Crippen molar-refractivity contribution in [2.45, 2.75) is 13.3 Å². The van der Waals surface area contributed by atoms with E-state index in [0.717, 1.165) is 12.1 Å². The van der Waals surface area contributed by atoms with Crippen molar-refractivity contribution in [3.05, 3.63) is 45.1 Å². The lowest BCUT2D eigenvalue weighted by Crippen LogP contribution is -2.05. The lowest BCUT2D eigenvalue weighted by Gasteiger charge is -2.10. The third kappa shape index (κ3) is 3.23. The molecule has 0 bridgehead atoms. The van der Waals surface area contributed by atoms with Gasteiger partial charge in [0.05, 0.1) is 4.92 Å². The van der Waals surface area contributed by atoms with Gasteiger partial charge in [-0.25, -0.2) is 0 Å². The van der Waals surface area contributed by atoms with E-state index in [1.54, 1.807) is 29.5 Å². The van der Waals surface area contributed by atoms with Gasteiger partial charge in [0.15, 0.2) is 0 Å². The van der Waals surface area contributed by atoms with Gasteiger partial charge in [-0.3, -0.25) is 10.1 Å². The van der Waals surface area contributed by atoms with E-state index in [4.69, 9.17) is 0 Å². The van der Waals surface area contributed by atoms with Gasteiger partial charge in [-0.2, -0.15) is 11.3 Å². The number of hydrogen-bond donors (Lipinski definition) is 2. The summed E-state index contributed by atoms with van der Waals surface area (Å²) in [5.74, 6) is 0. The molecule has 1 heterocycles. The van der Waals surface area contributed by atoms with Crippen LogP contribution in [0.4, 0.5) is 22.7 Å². The molecule has 0 amide bonds. The molecule has 0 spiro atoms. The normalized spacial score (nSPS) is 10.2. The molecule has 0 atom stereocenters. The molecular formula is C13H15N3O2S. The zero-order valence-corrected chi connectivity index (χ0v) is 11.4. The quantitative estimate of drug-likeness (QED) is 0.612. The second-order valence-corrected chi connectivity index (χ2v) is 4.80. The number of nitrogens with zero attached hydrogens (tertiary/aromatic N) is 1. The number of hydrogen-bond acceptors (Lipinski definition) is 5. The van der Waals surface area contributed by atoms with Crippen molar-refractivity contribution in [1.82, 2.24) is 0 Å². The minimum absolute atomic E-state index is 0.0853. The first-order valence-electron chi connectivity index (χ1n) is 6.03. The average Bonchev–Trinajstić information content (AvgIpc) is 2.89. The molecular weight excluding hydrogens is 262 g/mol. The van der Waals surface area contributed by atoms with Crippen molar-refractivity contribution in [2.75, 3.05) is 17.2 Å². The van der Waals surface area contributed by atoms with E-state index in [-0.39, 0.29) is 10.6 Å². The van der Waals surface area contributed by atoms with Crippen LogP contribution in [-0.4, -0.2) is 11.5 Å². The molecule has 0 aliphatic rings. The number of para-hydroxylation sites is 1. The van der Waals surface area contributed by atoms with E-state index >= 15 is 0 Å². The Morgan fingerprint density at radius 3 is 2.74 bits per heavy atom. The molecule has 6 heteroatoms. The molecule has 1 aromatic heterocycles. The third-order valence-corrected chi connectivity index (χ3v) is 3.27. The fourth-order valence-electron chi connectivity index (χ4n) is 1.73. The van der Waals surface area contributed by atoms with Crippen LogP contribution >= 0.6 is 11.3 Å². The molecule has 19 heavy (non-hydrogen) atoms. The molecule has 0 fully saturated rings. The van der Waals surface area contributed by atoms with Gasteiger partial charge in [0.25, 0.3) is 0 Å². The van der Waals surface area contributed by atoms with Crippen molar-refractivity contribution >= 4 is 34.1 Å². The Balaban J connectivity index is 2.33. The summed E-state index contributed by atoms with van der Waals surface area (Å²) in [6.45, 7) is 2.73. The van der Waals surface area contributed by atoms with Crippen molar-refractivity contribution in [3.8, 4) is 0 Å². The SMILES string of the molecule is CCCNc1cccc(Nc2ccsc2)c1[N+](=O)[O-]. The monoisotopic (exact) mass is 277 g/mol. The number of thiophene rings is 1. The highest BCUT2D eigenvalue weighted by molar-refractivity contribution is 7.08. The molecule has 0 radical (unpaired) electrons. The molecule has 2 N–H and O–H groups in total. The first kappa shape index (κ1) is 13.4. The standard InChI is InChI=1S/C13H15N3O2S/c1-2-7-14-11-4-3-5-12(13(11)16(17)18)15-10-6-8-19-9-10/h3-6,8-9,14-15H,2,7H2,1H3. The van der Waals surface area contributed by atoms with Gasteiger partial charge in [0, 0.05) is 17.6 Å². The Kier molecular flexibility index (Phi) is 4.35. The largest absolute Gasteiger partial charge is 0.379 e. The smallest absolute Gasteiger partial charge is 0.315 e. The van der Waals surface area contributed by atoms with Crippen LogP contribution in [0, 0.1) is 10.1 Å². The van der Waals surface area contributed by atoms with Crippen molar-refractivity contribution in [3.63, 3.8) is 0 Å². The van der Waals surface area contributed by atoms with Crippen molar-refractivity contribution < 1.29 is 4.92 Å². The molecule has 5 nitrogen and oxygen atoms in total. The highest BCUT2D eigenvalue weighted by Crippen LogP contribution is 2.35. The minimum atomic E-state index is -0.354. The van der Waals surface area contributed by atoms with Crippen LogP contribution in [0.25, 0.3) is 0 Å². The van der Waals surface area contributed by atoms with E-state index in [1.807, 2.05) is 23.8 Å². The maximum absolute atomic E-state index is 11.3. The number of nitrogens with one attached hydrogen (secondary N) is 2. The van der Waals surface area contributed by atoms with Crippen molar-refractivity contribution in [2.24, 2.45) is 0 Å². The van der Waals surface area contributed by atoms with Gasteiger partial charge in [0.1, 0.15) is 11.4 Å². The summed E-state index contributed by atoms with van der Waals surface area (Å²) < 4.78 is 0. The second kappa shape index (κ2) is 6.19. The van der Waals surface area contributed by atoms with Crippen LogP contribution in [0.1, 0.15) is 13.3 Å². The number of nitro benzene ring substituents is 1. The lowest BCUT2D eigenvalue weighted by atomic mass is 10.2. The number of anilines is 3. The molecule has 0 saturated heterocycles. The van der Waals surface area contributed by atoms with E-state index in [2.05, 4.69) is 10.6 Å². The highest BCUT2D eigenvalue weighted by Gasteiger charge is 2.19. The van der Waals surface area contributed by atoms with Gasteiger partial charge in [-0.05, 0) is 30.0 Å². The second-order valence-electron chi connectivity index (χ2n) is 4.02. The first-order valence-corrected chi connectivity index (χ1v) is 6.97. The molecule has 0 saturated carbocycles. The minimum Gasteiger partial charge on any atom is -0.379 e. The summed E-state index contributed by atoms with van der Waals surface area (Å²) in [6, 6.07) is 7.14. The molecule has 1 aromatic carbocycles. The number of benzene rings is 1. The van der Waals surface area contributed by atoms with Gasteiger partial charge in [0.2, 0.25) is 0 Å². The Bertz CT molecular complexity index is 555. The zero-order chi connectivity index (χ0) is 13.7. The van der Waals surface area contributed by atoms with Crippen LogP contribution in [-0.2, 0) is 0 Å². The average molecular weight is 277 g/mol. The predicted octanol–water partition coefficient (Wildman–Crippen LogP) is 4.22. The Morgan fingerprint density at radius 1 is 1.32 bits per heavy atom. The van der Waals surface area contributed by atoms with Crippen LogP contribution in [0.5, 0.6) is 0 Å². The number of nitro groups is 1. The molecule has 100 valence electrons. The predicted molar refractivity (Wildman–Crippen MR) is 79.5 cm³/mol. The summed E-state index contributed by atoms with van der Waals surface area (Å²) in [5.41, 5.74) is 2.00. The number of rotatable bonds is 6. The van der Waals surface area contributed by atoms with Crippen LogP contribution in [0.2, 0.25) is 0 Å². The van der Waals surface area contributed by atoms with Gasteiger partial charge in [-0.15, -0.1) is 0 Å². The van der Waals surface area contributed by atoms with Crippen LogP contribution < -0.4 is 10.6 Å². The Hall–Kier alpha value is -2.08. The summed E-state index contributed by atoms with van der Waals surface area (Å²) in [6.07, 6.45) is 0.916. The van der Waals surface area contributed by atoms with E-state index in [1.165, 1.54) is 0 Å². The maximum atomic E-state index is 11.3. The van der Waals surface area contributed by atoms with Gasteiger partial charge in [-0.1, -0.05) is 13.0 Å². The molecule has 2 rings (SSSR count). The fourth-order valence-corrected chi connectivity index (χ4v) is 2.32. The lowest BCUT2D eigenvalue weighted by molar-refractivity contribution is -0.383. The van der Waals surface area contributed by atoms with E-state index < -0.39 is 0 Å². The van der Waals surface area contributed by atoms with Crippen LogP contribution in [0.15, 0.2) is 35.0 Å². The zero-order valence-electron chi connectivity index (χ0n) is 10.6. The first-order chi connectivity index (χ1) is 9.22. The summed E-state index contributed by atoms with van der Waals surface area (Å²) in [7, 11) is 0.